The molecule has 2 heterocycles. The fourth-order valence-electron chi connectivity index (χ4n) is 3.34. The van der Waals surface area contributed by atoms with Crippen LogP contribution in [0.25, 0.3) is 11.4 Å². The number of nitrogens with zero attached hydrogens (tertiary/aromatic N) is 2. The van der Waals surface area contributed by atoms with Gasteiger partial charge >= 0.3 is 0 Å². The van der Waals surface area contributed by atoms with E-state index in [1.54, 1.807) is 36.4 Å². The summed E-state index contributed by atoms with van der Waals surface area (Å²) in [6.45, 7) is 0.0190. The van der Waals surface area contributed by atoms with Gasteiger partial charge in [-0.15, -0.1) is 0 Å². The van der Waals surface area contributed by atoms with Crippen molar-refractivity contribution in [2.24, 2.45) is 0 Å². The molecule has 4 aromatic rings. The van der Waals surface area contributed by atoms with E-state index in [2.05, 4.69) is 14.7 Å². The minimum atomic E-state index is -4.13. The molecule has 0 saturated carbocycles. The van der Waals surface area contributed by atoms with Gasteiger partial charge in [-0.2, -0.15) is 0 Å². The molecule has 1 N–H and O–H groups in total. The Kier molecular flexibility index (Phi) is 6.06. The zero-order valence-electron chi connectivity index (χ0n) is 18.3. The molecule has 11 heteroatoms. The zero-order chi connectivity index (χ0) is 24.4. The summed E-state index contributed by atoms with van der Waals surface area (Å²) in [5.41, 5.74) is 0.641. The van der Waals surface area contributed by atoms with Gasteiger partial charge in [0.1, 0.15) is 0 Å². The quantitative estimate of drug-likeness (QED) is 0.340. The largest absolute Gasteiger partial charge is 0.493 e. The summed E-state index contributed by atoms with van der Waals surface area (Å²) in [5, 5.41) is -0.0897. The van der Waals surface area contributed by atoms with Crippen LogP contribution in [0, 0.1) is 0 Å². The van der Waals surface area contributed by atoms with E-state index >= 15 is 0 Å². The van der Waals surface area contributed by atoms with Gasteiger partial charge in [-0.25, -0.2) is 18.4 Å². The normalized spacial score (nSPS) is 12.3. The van der Waals surface area contributed by atoms with Crippen molar-refractivity contribution < 1.29 is 27.4 Å². The van der Waals surface area contributed by atoms with Crippen LogP contribution in [-0.4, -0.2) is 32.3 Å². The number of hydrogen-bond donors (Lipinski definition) is 1. The Morgan fingerprint density at radius 2 is 1.63 bits per heavy atom. The van der Waals surface area contributed by atoms with Crippen molar-refractivity contribution in [3.8, 4) is 40.1 Å². The maximum Gasteiger partial charge on any atom is 0.263 e. The molecule has 0 bridgehead atoms. The molecule has 0 fully saturated rings. The SMILES string of the molecule is COc1ccccc1Oc1c(Cl)nc(-c2ccccc2)nc1NS(=O)(=O)c1ccc2c(c1)OCO2. The highest BCUT2D eigenvalue weighted by Crippen LogP contribution is 2.40. The number of fused-ring (bicyclic) bond motifs is 1. The van der Waals surface area contributed by atoms with Crippen molar-refractivity contribution in [3.63, 3.8) is 0 Å². The fourth-order valence-corrected chi connectivity index (χ4v) is 4.57. The average Bonchev–Trinajstić information content (AvgIpc) is 3.35. The molecule has 0 saturated heterocycles. The number of anilines is 1. The highest BCUT2D eigenvalue weighted by atomic mass is 35.5. The molecule has 1 aliphatic heterocycles. The number of nitrogens with one attached hydrogen (secondary N) is 1. The lowest BCUT2D eigenvalue weighted by molar-refractivity contribution is 0.174. The Bertz CT molecular complexity index is 1500. The number of para-hydroxylation sites is 2. The average molecular weight is 512 g/mol. The molecule has 0 amide bonds. The Morgan fingerprint density at radius 3 is 2.40 bits per heavy atom. The van der Waals surface area contributed by atoms with Crippen LogP contribution in [-0.2, 0) is 10.0 Å². The van der Waals surface area contributed by atoms with Crippen LogP contribution in [0.5, 0.6) is 28.7 Å². The predicted molar refractivity (Wildman–Crippen MR) is 129 cm³/mol. The molecule has 178 valence electrons. The first-order valence-corrected chi connectivity index (χ1v) is 12.2. The fraction of sp³-hybridized carbons (Fsp3) is 0.0833. The third-order valence-corrected chi connectivity index (χ3v) is 6.62. The van der Waals surface area contributed by atoms with Gasteiger partial charge in [-0.1, -0.05) is 54.1 Å². The van der Waals surface area contributed by atoms with Crippen molar-refractivity contribution >= 4 is 27.4 Å². The molecular formula is C24H18ClN3O6S. The zero-order valence-corrected chi connectivity index (χ0v) is 19.8. The molecule has 35 heavy (non-hydrogen) atoms. The number of rotatable bonds is 7. The summed E-state index contributed by atoms with van der Waals surface area (Å²) >= 11 is 6.49. The summed E-state index contributed by atoms with van der Waals surface area (Å²) < 4.78 is 50.9. The molecule has 5 rings (SSSR count). The number of hydrogen-bond acceptors (Lipinski definition) is 8. The van der Waals surface area contributed by atoms with E-state index in [1.807, 2.05) is 18.2 Å². The number of halogens is 1. The third kappa shape index (κ3) is 4.66. The van der Waals surface area contributed by atoms with Crippen molar-refractivity contribution in [2.45, 2.75) is 4.90 Å². The van der Waals surface area contributed by atoms with Gasteiger partial charge in [0, 0.05) is 11.6 Å². The van der Waals surface area contributed by atoms with Gasteiger partial charge in [0.2, 0.25) is 12.5 Å². The first kappa shape index (κ1) is 22.8. The summed E-state index contributed by atoms with van der Waals surface area (Å²) in [4.78, 5) is 8.70. The highest BCUT2D eigenvalue weighted by molar-refractivity contribution is 7.92. The summed E-state index contributed by atoms with van der Waals surface area (Å²) in [6.07, 6.45) is 0. The minimum Gasteiger partial charge on any atom is -0.493 e. The van der Waals surface area contributed by atoms with Crippen molar-refractivity contribution in [2.75, 3.05) is 18.6 Å². The van der Waals surface area contributed by atoms with E-state index in [0.29, 0.717) is 28.6 Å². The summed E-state index contributed by atoms with van der Waals surface area (Å²) in [7, 11) is -2.64. The second-order valence-corrected chi connectivity index (χ2v) is 9.30. The number of methoxy groups -OCH3 is 1. The Labute approximate surface area is 206 Å². The first-order valence-electron chi connectivity index (χ1n) is 10.3. The van der Waals surface area contributed by atoms with E-state index in [9.17, 15) is 8.42 Å². The predicted octanol–water partition coefficient (Wildman–Crippen LogP) is 5.13. The second-order valence-electron chi connectivity index (χ2n) is 7.26. The Hall–Kier alpha value is -4.02. The molecule has 0 aliphatic carbocycles. The number of sulfonamides is 1. The maximum atomic E-state index is 13.3. The van der Waals surface area contributed by atoms with Gasteiger partial charge in [0.25, 0.3) is 10.0 Å². The summed E-state index contributed by atoms with van der Waals surface area (Å²) in [6, 6.07) is 20.2. The molecule has 9 nitrogen and oxygen atoms in total. The van der Waals surface area contributed by atoms with Crippen LogP contribution < -0.4 is 23.7 Å². The van der Waals surface area contributed by atoms with Gasteiger partial charge in [-0.3, -0.25) is 4.72 Å². The van der Waals surface area contributed by atoms with Gasteiger partial charge < -0.3 is 18.9 Å². The Balaban J connectivity index is 1.59. The van der Waals surface area contributed by atoms with Crippen molar-refractivity contribution in [1.29, 1.82) is 0 Å². The van der Waals surface area contributed by atoms with Crippen LogP contribution in [0.15, 0.2) is 77.7 Å². The molecule has 3 aromatic carbocycles. The number of benzene rings is 3. The third-order valence-electron chi connectivity index (χ3n) is 5.02. The lowest BCUT2D eigenvalue weighted by atomic mass is 10.2. The van der Waals surface area contributed by atoms with Crippen LogP contribution in [0.2, 0.25) is 5.15 Å². The van der Waals surface area contributed by atoms with Crippen LogP contribution in [0.3, 0.4) is 0 Å². The van der Waals surface area contributed by atoms with Gasteiger partial charge in [0.05, 0.1) is 12.0 Å². The molecule has 0 radical (unpaired) electrons. The Morgan fingerprint density at radius 1 is 0.914 bits per heavy atom. The number of aromatic nitrogens is 2. The highest BCUT2D eigenvalue weighted by Gasteiger charge is 2.25. The van der Waals surface area contributed by atoms with Crippen molar-refractivity contribution in [1.82, 2.24) is 9.97 Å². The minimum absolute atomic E-state index is 0.0190. The molecule has 0 unspecified atom stereocenters. The van der Waals surface area contributed by atoms with E-state index in [-0.39, 0.29) is 34.2 Å². The van der Waals surface area contributed by atoms with E-state index in [4.69, 9.17) is 30.5 Å². The van der Waals surface area contributed by atoms with Gasteiger partial charge in [0.15, 0.2) is 39.8 Å². The van der Waals surface area contributed by atoms with Crippen molar-refractivity contribution in [3.05, 3.63) is 77.9 Å². The molecular weight excluding hydrogens is 494 g/mol. The van der Waals surface area contributed by atoms with E-state index in [0.717, 1.165) is 0 Å². The molecule has 0 atom stereocenters. The number of ether oxygens (including phenoxy) is 4. The lowest BCUT2D eigenvalue weighted by Crippen LogP contribution is -2.15. The molecule has 0 spiro atoms. The first-order chi connectivity index (χ1) is 16.9. The van der Waals surface area contributed by atoms with Crippen LogP contribution >= 0.6 is 11.6 Å². The van der Waals surface area contributed by atoms with E-state index < -0.39 is 10.0 Å². The monoisotopic (exact) mass is 511 g/mol. The summed E-state index contributed by atoms with van der Waals surface area (Å²) in [5.74, 6) is 1.49. The van der Waals surface area contributed by atoms with Gasteiger partial charge in [-0.05, 0) is 24.3 Å². The molecule has 1 aromatic heterocycles. The second kappa shape index (κ2) is 9.32. The maximum absolute atomic E-state index is 13.3. The van der Waals surface area contributed by atoms with Crippen LogP contribution in [0.4, 0.5) is 5.82 Å². The standard InChI is InChI=1S/C24H18ClN3O6S/c1-31-17-9-5-6-10-19(17)34-21-22(25)26-23(15-7-3-2-4-8-15)27-24(21)28-35(29,30)16-11-12-18-20(13-16)33-14-32-18/h2-13H,14H2,1H3,(H,26,27,28). The smallest absolute Gasteiger partial charge is 0.263 e. The van der Waals surface area contributed by atoms with E-state index in [1.165, 1.54) is 25.3 Å². The topological polar surface area (TPSA) is 109 Å². The molecule has 1 aliphatic rings. The van der Waals surface area contributed by atoms with Crippen LogP contribution in [0.1, 0.15) is 0 Å². The lowest BCUT2D eigenvalue weighted by Gasteiger charge is -2.16.